The number of nitrogens with zero attached hydrogens (tertiary/aromatic N) is 1. The molecule has 0 aliphatic carbocycles. The molecule has 2 heterocycles. The summed E-state index contributed by atoms with van der Waals surface area (Å²) in [5, 5.41) is 0.249. The molecule has 1 fully saturated rings. The van der Waals surface area contributed by atoms with Crippen LogP contribution in [-0.4, -0.2) is 43.8 Å². The highest BCUT2D eigenvalue weighted by Gasteiger charge is 2.28. The molecule has 3 rings (SSSR count). The zero-order valence-corrected chi connectivity index (χ0v) is 17.1. The highest BCUT2D eigenvalue weighted by Crippen LogP contribution is 2.27. The molecule has 0 amide bonds. The van der Waals surface area contributed by atoms with E-state index in [9.17, 15) is 12.8 Å². The highest BCUT2D eigenvalue weighted by atomic mass is 35.5. The zero-order chi connectivity index (χ0) is 19.4. The summed E-state index contributed by atoms with van der Waals surface area (Å²) in [4.78, 5) is 4.03. The van der Waals surface area contributed by atoms with Crippen LogP contribution in [0.4, 0.5) is 4.39 Å². The first-order valence-corrected chi connectivity index (χ1v) is 11.8. The van der Waals surface area contributed by atoms with Crippen molar-refractivity contribution in [3.8, 4) is 17.0 Å². The Hall–Kier alpha value is -1.35. The number of thioether (sulfide) groups is 1. The molecule has 1 aliphatic rings. The van der Waals surface area contributed by atoms with Gasteiger partial charge < -0.3 is 4.74 Å². The lowest BCUT2D eigenvalue weighted by Crippen LogP contribution is -2.45. The Balaban J connectivity index is 1.64. The Morgan fingerprint density at radius 1 is 1.37 bits per heavy atom. The molecule has 1 N–H and O–H groups in total. The third kappa shape index (κ3) is 5.81. The summed E-state index contributed by atoms with van der Waals surface area (Å²) in [6.45, 7) is 0.410. The van der Waals surface area contributed by atoms with Crippen molar-refractivity contribution in [1.29, 1.82) is 0 Å². The van der Waals surface area contributed by atoms with E-state index in [0.29, 0.717) is 17.9 Å². The lowest BCUT2D eigenvalue weighted by atomic mass is 10.0. The van der Waals surface area contributed by atoms with Crippen molar-refractivity contribution < 1.29 is 17.5 Å². The van der Waals surface area contributed by atoms with Gasteiger partial charge in [-0.2, -0.15) is 11.8 Å². The average Bonchev–Trinajstić information content (AvgIpc) is 2.60. The van der Waals surface area contributed by atoms with Crippen LogP contribution in [-0.2, 0) is 10.0 Å². The fraction of sp³-hybridized carbons (Fsp3) is 0.389. The number of pyridine rings is 1. The molecular formula is C18H20ClFN2O3S2. The van der Waals surface area contributed by atoms with E-state index in [4.69, 9.17) is 16.3 Å². The molecule has 0 unspecified atom stereocenters. The summed E-state index contributed by atoms with van der Waals surface area (Å²) in [5.41, 5.74) is 0.855. The molecule has 27 heavy (non-hydrogen) atoms. The molecule has 2 aromatic rings. The number of halogens is 2. The van der Waals surface area contributed by atoms with E-state index in [2.05, 4.69) is 9.71 Å². The van der Waals surface area contributed by atoms with Gasteiger partial charge in [-0.3, -0.25) is 4.98 Å². The monoisotopic (exact) mass is 430 g/mol. The Labute approximate surface area is 167 Å². The van der Waals surface area contributed by atoms with Crippen molar-refractivity contribution in [2.24, 2.45) is 5.92 Å². The predicted molar refractivity (Wildman–Crippen MR) is 107 cm³/mol. The minimum absolute atomic E-state index is 0.0912. The predicted octanol–water partition coefficient (Wildman–Crippen LogP) is 3.59. The van der Waals surface area contributed by atoms with Crippen LogP contribution in [0.3, 0.4) is 0 Å². The van der Waals surface area contributed by atoms with Gasteiger partial charge in [-0.1, -0.05) is 11.6 Å². The fourth-order valence-corrected chi connectivity index (χ4v) is 5.15. The van der Waals surface area contributed by atoms with Crippen LogP contribution in [0.1, 0.15) is 6.42 Å². The molecule has 0 radical (unpaired) electrons. The number of rotatable bonds is 6. The number of nitrogens with one attached hydrogen (secondary N) is 1. The lowest BCUT2D eigenvalue weighted by molar-refractivity contribution is 0.229. The van der Waals surface area contributed by atoms with Crippen LogP contribution in [0.25, 0.3) is 11.3 Å². The van der Waals surface area contributed by atoms with E-state index in [-0.39, 0.29) is 22.7 Å². The van der Waals surface area contributed by atoms with E-state index in [1.807, 2.05) is 0 Å². The average molecular weight is 431 g/mol. The molecule has 0 bridgehead atoms. The van der Waals surface area contributed by atoms with E-state index in [1.54, 1.807) is 36.0 Å². The van der Waals surface area contributed by atoms with Gasteiger partial charge in [0.25, 0.3) is 0 Å². The van der Waals surface area contributed by atoms with E-state index in [0.717, 1.165) is 17.9 Å². The van der Waals surface area contributed by atoms with Crippen LogP contribution in [0.5, 0.6) is 5.75 Å². The smallest absolute Gasteiger partial charge is 0.208 e. The second-order valence-electron chi connectivity index (χ2n) is 6.44. The molecule has 0 saturated carbocycles. The summed E-state index contributed by atoms with van der Waals surface area (Å²) in [7, 11) is -3.25. The summed E-state index contributed by atoms with van der Waals surface area (Å²) >= 11 is 7.52. The molecular weight excluding hydrogens is 411 g/mol. The number of hydrogen-bond acceptors (Lipinski definition) is 5. The van der Waals surface area contributed by atoms with Crippen molar-refractivity contribution in [3.63, 3.8) is 0 Å². The van der Waals surface area contributed by atoms with E-state index < -0.39 is 15.8 Å². The SMILES string of the molecule is CS(=O)(=O)N[C@H]1CCSC[C@@H]1COc1ccc(-c2ncc(Cl)cc2F)cc1. The number of aromatic nitrogens is 1. The Bertz CT molecular complexity index is 894. The van der Waals surface area contributed by atoms with Crippen LogP contribution in [0, 0.1) is 11.7 Å². The van der Waals surface area contributed by atoms with Crippen molar-refractivity contribution >= 4 is 33.4 Å². The van der Waals surface area contributed by atoms with Crippen LogP contribution >= 0.6 is 23.4 Å². The van der Waals surface area contributed by atoms with Gasteiger partial charge in [-0.25, -0.2) is 17.5 Å². The standard InChI is InChI=1S/C18H20ClFN2O3S2/c1-27(23,24)22-17-6-7-26-11-13(17)10-25-15-4-2-12(3-5-15)18-16(20)8-14(19)9-21-18/h2-5,8-9,13,17,22H,6-7,10-11H2,1H3/t13-,17-/m0/s1. The van der Waals surface area contributed by atoms with Gasteiger partial charge in [0.15, 0.2) is 5.82 Å². The molecule has 9 heteroatoms. The third-order valence-corrected chi connectivity index (χ3v) is 6.37. The maximum atomic E-state index is 14.0. The largest absolute Gasteiger partial charge is 0.493 e. The van der Waals surface area contributed by atoms with Gasteiger partial charge >= 0.3 is 0 Å². The molecule has 5 nitrogen and oxygen atoms in total. The first kappa shape index (κ1) is 20.4. The lowest BCUT2D eigenvalue weighted by Gasteiger charge is -2.31. The first-order chi connectivity index (χ1) is 12.8. The molecule has 1 aromatic carbocycles. The highest BCUT2D eigenvalue weighted by molar-refractivity contribution is 7.99. The van der Waals surface area contributed by atoms with E-state index in [1.165, 1.54) is 18.5 Å². The molecule has 0 spiro atoms. The summed E-state index contributed by atoms with van der Waals surface area (Å²) in [6, 6.07) is 8.07. The Kier molecular flexibility index (Phi) is 6.62. The minimum atomic E-state index is -3.25. The van der Waals surface area contributed by atoms with Gasteiger partial charge in [0.2, 0.25) is 10.0 Å². The molecule has 1 aliphatic heterocycles. The van der Waals surface area contributed by atoms with Gasteiger partial charge in [0.1, 0.15) is 11.4 Å². The topological polar surface area (TPSA) is 68.3 Å². The Morgan fingerprint density at radius 3 is 2.78 bits per heavy atom. The summed E-state index contributed by atoms with van der Waals surface area (Å²) in [6.07, 6.45) is 3.36. The van der Waals surface area contributed by atoms with Crippen molar-refractivity contribution in [1.82, 2.24) is 9.71 Å². The van der Waals surface area contributed by atoms with Crippen LogP contribution < -0.4 is 9.46 Å². The number of hydrogen-bond donors (Lipinski definition) is 1. The minimum Gasteiger partial charge on any atom is -0.493 e. The van der Waals surface area contributed by atoms with E-state index >= 15 is 0 Å². The Morgan fingerprint density at radius 2 is 2.11 bits per heavy atom. The molecule has 1 aromatic heterocycles. The van der Waals surface area contributed by atoms with Crippen LogP contribution in [0.15, 0.2) is 36.5 Å². The molecule has 146 valence electrons. The second-order valence-corrected chi connectivity index (χ2v) is 9.81. The van der Waals surface area contributed by atoms with Gasteiger partial charge in [-0.15, -0.1) is 0 Å². The number of ether oxygens (including phenoxy) is 1. The molecule has 2 atom stereocenters. The maximum absolute atomic E-state index is 14.0. The van der Waals surface area contributed by atoms with Gasteiger partial charge in [-0.05, 0) is 42.5 Å². The van der Waals surface area contributed by atoms with Crippen molar-refractivity contribution in [2.75, 3.05) is 24.4 Å². The maximum Gasteiger partial charge on any atom is 0.208 e. The third-order valence-electron chi connectivity index (χ3n) is 4.24. The number of sulfonamides is 1. The zero-order valence-electron chi connectivity index (χ0n) is 14.7. The number of benzene rings is 1. The normalized spacial score (nSPS) is 20.4. The summed E-state index contributed by atoms with van der Waals surface area (Å²) < 4.78 is 45.6. The quantitative estimate of drug-likeness (QED) is 0.758. The van der Waals surface area contributed by atoms with Gasteiger partial charge in [0, 0.05) is 29.5 Å². The fourth-order valence-electron chi connectivity index (χ4n) is 2.93. The molecule has 1 saturated heterocycles. The second kappa shape index (κ2) is 8.77. The van der Waals surface area contributed by atoms with Gasteiger partial charge in [0.05, 0.1) is 17.9 Å². The summed E-state index contributed by atoms with van der Waals surface area (Å²) in [5.74, 6) is 2.02. The van der Waals surface area contributed by atoms with Crippen LogP contribution in [0.2, 0.25) is 5.02 Å². The first-order valence-electron chi connectivity index (χ1n) is 8.41. The van der Waals surface area contributed by atoms with Crippen molar-refractivity contribution in [3.05, 3.63) is 47.4 Å². The van der Waals surface area contributed by atoms with Crippen molar-refractivity contribution in [2.45, 2.75) is 12.5 Å².